The number of hydrogen-bond donors (Lipinski definition) is 2. The third-order valence-electron chi connectivity index (χ3n) is 2.92. The van der Waals surface area contributed by atoms with Crippen LogP contribution in [0.15, 0.2) is 4.52 Å². The van der Waals surface area contributed by atoms with Gasteiger partial charge in [-0.05, 0) is 19.8 Å². The maximum Gasteiger partial charge on any atom is 0.229 e. The standard InChI is InChI=1S/C11H19N3O3/c1-11(15,7-12)6-10-13-9(14-17-10)5-8-3-2-4-16-8/h8,15H,2-7,12H2,1H3. The summed E-state index contributed by atoms with van der Waals surface area (Å²) in [5, 5.41) is 13.7. The Kier molecular flexibility index (Phi) is 3.76. The molecule has 0 amide bonds. The van der Waals surface area contributed by atoms with Gasteiger partial charge in [-0.25, -0.2) is 0 Å². The molecule has 2 heterocycles. The van der Waals surface area contributed by atoms with Crippen LogP contribution >= 0.6 is 0 Å². The van der Waals surface area contributed by atoms with E-state index in [1.165, 1.54) is 0 Å². The van der Waals surface area contributed by atoms with E-state index in [-0.39, 0.29) is 19.1 Å². The van der Waals surface area contributed by atoms with Crippen LogP contribution in [0.5, 0.6) is 0 Å². The van der Waals surface area contributed by atoms with E-state index in [1.54, 1.807) is 6.92 Å². The van der Waals surface area contributed by atoms with Crippen LogP contribution in [-0.2, 0) is 17.6 Å². The molecule has 0 radical (unpaired) electrons. The molecule has 0 saturated carbocycles. The van der Waals surface area contributed by atoms with Gasteiger partial charge in [0, 0.05) is 19.6 Å². The van der Waals surface area contributed by atoms with Gasteiger partial charge in [-0.2, -0.15) is 4.98 Å². The van der Waals surface area contributed by atoms with Crippen LogP contribution in [0.1, 0.15) is 31.5 Å². The van der Waals surface area contributed by atoms with Gasteiger partial charge < -0.3 is 20.1 Å². The molecule has 1 aliphatic heterocycles. The molecule has 17 heavy (non-hydrogen) atoms. The van der Waals surface area contributed by atoms with Crippen molar-refractivity contribution in [2.45, 2.75) is 44.3 Å². The van der Waals surface area contributed by atoms with Crippen molar-refractivity contribution in [2.75, 3.05) is 13.2 Å². The number of nitrogens with zero attached hydrogens (tertiary/aromatic N) is 2. The second-order valence-electron chi connectivity index (χ2n) is 4.82. The molecule has 6 nitrogen and oxygen atoms in total. The summed E-state index contributed by atoms with van der Waals surface area (Å²) in [6, 6.07) is 0. The van der Waals surface area contributed by atoms with Gasteiger partial charge in [0.05, 0.1) is 18.1 Å². The van der Waals surface area contributed by atoms with Crippen molar-refractivity contribution in [3.8, 4) is 0 Å². The van der Waals surface area contributed by atoms with E-state index in [1.807, 2.05) is 0 Å². The van der Waals surface area contributed by atoms with Crippen molar-refractivity contribution in [3.05, 3.63) is 11.7 Å². The molecule has 2 rings (SSSR count). The molecule has 1 fully saturated rings. The first-order valence-electron chi connectivity index (χ1n) is 5.94. The number of rotatable bonds is 5. The Bertz CT molecular complexity index is 359. The summed E-state index contributed by atoms with van der Waals surface area (Å²) in [6.07, 6.45) is 3.30. The van der Waals surface area contributed by atoms with Crippen LogP contribution in [0, 0.1) is 0 Å². The lowest BCUT2D eigenvalue weighted by Crippen LogP contribution is -2.36. The number of hydrogen-bond acceptors (Lipinski definition) is 6. The summed E-state index contributed by atoms with van der Waals surface area (Å²) < 4.78 is 10.6. The highest BCUT2D eigenvalue weighted by Gasteiger charge is 2.24. The summed E-state index contributed by atoms with van der Waals surface area (Å²) in [7, 11) is 0. The molecule has 1 aromatic heterocycles. The van der Waals surface area contributed by atoms with E-state index in [4.69, 9.17) is 15.0 Å². The lowest BCUT2D eigenvalue weighted by Gasteiger charge is -2.17. The van der Waals surface area contributed by atoms with Gasteiger partial charge in [0.1, 0.15) is 0 Å². The van der Waals surface area contributed by atoms with Crippen molar-refractivity contribution >= 4 is 0 Å². The van der Waals surface area contributed by atoms with E-state index < -0.39 is 5.60 Å². The van der Waals surface area contributed by atoms with Gasteiger partial charge in [0.2, 0.25) is 5.89 Å². The Morgan fingerprint density at radius 2 is 2.41 bits per heavy atom. The maximum absolute atomic E-state index is 9.79. The average molecular weight is 241 g/mol. The predicted molar refractivity (Wildman–Crippen MR) is 60.4 cm³/mol. The second-order valence-corrected chi connectivity index (χ2v) is 4.82. The Hall–Kier alpha value is -0.980. The smallest absolute Gasteiger partial charge is 0.229 e. The predicted octanol–water partition coefficient (Wildman–Crippen LogP) is 0.0433. The lowest BCUT2D eigenvalue weighted by molar-refractivity contribution is 0.0610. The van der Waals surface area contributed by atoms with Gasteiger partial charge >= 0.3 is 0 Å². The summed E-state index contributed by atoms with van der Waals surface area (Å²) in [4.78, 5) is 4.23. The van der Waals surface area contributed by atoms with Gasteiger partial charge in [0.25, 0.3) is 0 Å². The molecule has 0 aliphatic carbocycles. The van der Waals surface area contributed by atoms with Crippen molar-refractivity contribution in [1.82, 2.24) is 10.1 Å². The van der Waals surface area contributed by atoms with Crippen molar-refractivity contribution < 1.29 is 14.4 Å². The highest BCUT2D eigenvalue weighted by molar-refractivity contribution is 4.94. The summed E-state index contributed by atoms with van der Waals surface area (Å²) in [5.41, 5.74) is 4.44. The summed E-state index contributed by atoms with van der Waals surface area (Å²) in [5.74, 6) is 1.06. The lowest BCUT2D eigenvalue weighted by atomic mass is 10.0. The van der Waals surface area contributed by atoms with Gasteiger partial charge in [-0.1, -0.05) is 5.16 Å². The fourth-order valence-electron chi connectivity index (χ4n) is 1.85. The van der Waals surface area contributed by atoms with Crippen LogP contribution in [0.4, 0.5) is 0 Å². The molecule has 0 spiro atoms. The van der Waals surface area contributed by atoms with E-state index in [9.17, 15) is 5.11 Å². The van der Waals surface area contributed by atoms with Gasteiger partial charge in [-0.15, -0.1) is 0 Å². The fourth-order valence-corrected chi connectivity index (χ4v) is 1.85. The Morgan fingerprint density at radius 3 is 3.06 bits per heavy atom. The molecule has 3 N–H and O–H groups in total. The average Bonchev–Trinajstić information content (AvgIpc) is 2.91. The molecule has 0 bridgehead atoms. The second kappa shape index (κ2) is 5.12. The topological polar surface area (TPSA) is 94.4 Å². The molecular weight excluding hydrogens is 222 g/mol. The SMILES string of the molecule is CC(O)(CN)Cc1nc(CC2CCCO2)no1. The zero-order valence-electron chi connectivity index (χ0n) is 10.1. The highest BCUT2D eigenvalue weighted by Crippen LogP contribution is 2.16. The maximum atomic E-state index is 9.79. The zero-order chi connectivity index (χ0) is 12.3. The largest absolute Gasteiger partial charge is 0.388 e. The molecule has 0 aromatic carbocycles. The first kappa shape index (κ1) is 12.5. The first-order valence-corrected chi connectivity index (χ1v) is 5.94. The normalized spacial score (nSPS) is 23.8. The minimum atomic E-state index is -0.992. The van der Waals surface area contributed by atoms with E-state index >= 15 is 0 Å². The van der Waals surface area contributed by atoms with E-state index in [0.717, 1.165) is 19.4 Å². The summed E-state index contributed by atoms with van der Waals surface area (Å²) >= 11 is 0. The van der Waals surface area contributed by atoms with E-state index in [0.29, 0.717) is 18.1 Å². The van der Waals surface area contributed by atoms with Crippen LogP contribution in [0.3, 0.4) is 0 Å². The molecule has 1 saturated heterocycles. The monoisotopic (exact) mass is 241 g/mol. The van der Waals surface area contributed by atoms with E-state index in [2.05, 4.69) is 10.1 Å². The quantitative estimate of drug-likeness (QED) is 0.756. The number of aliphatic hydroxyl groups is 1. The molecule has 2 unspecified atom stereocenters. The van der Waals surface area contributed by atoms with Crippen molar-refractivity contribution in [2.24, 2.45) is 5.73 Å². The first-order chi connectivity index (χ1) is 8.09. The molecule has 2 atom stereocenters. The van der Waals surface area contributed by atoms with Crippen LogP contribution in [0.25, 0.3) is 0 Å². The third kappa shape index (κ3) is 3.49. The van der Waals surface area contributed by atoms with Crippen molar-refractivity contribution in [3.63, 3.8) is 0 Å². The number of nitrogens with two attached hydrogens (primary N) is 1. The Morgan fingerprint density at radius 1 is 1.59 bits per heavy atom. The zero-order valence-corrected chi connectivity index (χ0v) is 10.1. The molecule has 1 aliphatic rings. The van der Waals surface area contributed by atoms with Gasteiger partial charge in [0.15, 0.2) is 5.82 Å². The third-order valence-corrected chi connectivity index (χ3v) is 2.92. The van der Waals surface area contributed by atoms with Crippen LogP contribution < -0.4 is 5.73 Å². The Balaban J connectivity index is 1.91. The minimum absolute atomic E-state index is 0.163. The van der Waals surface area contributed by atoms with Crippen molar-refractivity contribution in [1.29, 1.82) is 0 Å². The summed E-state index contributed by atoms with van der Waals surface area (Å²) in [6.45, 7) is 2.63. The van der Waals surface area contributed by atoms with Crippen LogP contribution in [0.2, 0.25) is 0 Å². The number of ether oxygens (including phenoxy) is 1. The molecular formula is C11H19N3O3. The highest BCUT2D eigenvalue weighted by atomic mass is 16.5. The number of aromatic nitrogens is 2. The molecule has 96 valence electrons. The molecule has 6 heteroatoms. The molecule has 1 aromatic rings. The van der Waals surface area contributed by atoms with Crippen LogP contribution in [-0.4, -0.2) is 40.1 Å². The fraction of sp³-hybridized carbons (Fsp3) is 0.818. The minimum Gasteiger partial charge on any atom is -0.388 e. The van der Waals surface area contributed by atoms with Gasteiger partial charge in [-0.3, -0.25) is 0 Å². The Labute approximate surface area is 100 Å².